The lowest BCUT2D eigenvalue weighted by atomic mass is 10.0. The Morgan fingerprint density at radius 1 is 1.41 bits per heavy atom. The summed E-state index contributed by atoms with van der Waals surface area (Å²) in [6.45, 7) is 4.56. The third-order valence-electron chi connectivity index (χ3n) is 3.86. The molecule has 17 heavy (non-hydrogen) atoms. The topological polar surface area (TPSA) is 36.9 Å². The molecule has 1 saturated carbocycles. The van der Waals surface area contributed by atoms with Crippen molar-refractivity contribution < 1.29 is 0 Å². The first kappa shape index (κ1) is 11.3. The molecular formula is C12H20N4S. The molecule has 0 amide bonds. The van der Waals surface area contributed by atoms with E-state index in [4.69, 9.17) is 12.2 Å². The Hall–Kier alpha value is -0.840. The molecular weight excluding hydrogens is 232 g/mol. The Bertz CT molecular complexity index is 446. The maximum absolute atomic E-state index is 5.32. The predicted molar refractivity (Wildman–Crippen MR) is 70.9 cm³/mol. The first-order chi connectivity index (χ1) is 8.29. The molecule has 0 radical (unpaired) electrons. The van der Waals surface area contributed by atoms with Crippen LogP contribution in [0.4, 0.5) is 5.95 Å². The van der Waals surface area contributed by atoms with Crippen molar-refractivity contribution in [2.45, 2.75) is 45.1 Å². The average Bonchev–Trinajstić information content (AvgIpc) is 2.92. The molecule has 0 spiro atoms. The summed E-state index contributed by atoms with van der Waals surface area (Å²) in [7, 11) is 0. The fourth-order valence-electron chi connectivity index (χ4n) is 2.84. The third-order valence-corrected chi connectivity index (χ3v) is 4.15. The highest BCUT2D eigenvalue weighted by atomic mass is 32.1. The van der Waals surface area contributed by atoms with Crippen LogP contribution in [0.3, 0.4) is 0 Å². The molecule has 2 fully saturated rings. The molecule has 1 N–H and O–H groups in total. The SMILES string of the molecule is CCCC1CCN(c2n[nH]c(=S)n2C2CC2)C1. The van der Waals surface area contributed by atoms with Crippen molar-refractivity contribution in [1.29, 1.82) is 0 Å². The van der Waals surface area contributed by atoms with Gasteiger partial charge in [-0.2, -0.15) is 0 Å². The summed E-state index contributed by atoms with van der Waals surface area (Å²) in [6.07, 6.45) is 6.44. The van der Waals surface area contributed by atoms with Gasteiger partial charge >= 0.3 is 0 Å². The number of nitrogens with zero attached hydrogens (tertiary/aromatic N) is 3. The largest absolute Gasteiger partial charge is 0.341 e. The molecule has 4 nitrogen and oxygen atoms in total. The predicted octanol–water partition coefficient (Wildman–Crippen LogP) is 2.90. The fourth-order valence-corrected chi connectivity index (χ4v) is 3.12. The Labute approximate surface area is 107 Å². The van der Waals surface area contributed by atoms with Gasteiger partial charge in [-0.05, 0) is 43.8 Å². The van der Waals surface area contributed by atoms with E-state index in [1.54, 1.807) is 0 Å². The molecule has 94 valence electrons. The van der Waals surface area contributed by atoms with Crippen LogP contribution >= 0.6 is 12.2 Å². The summed E-state index contributed by atoms with van der Waals surface area (Å²) < 4.78 is 3.02. The van der Waals surface area contributed by atoms with Crippen LogP contribution in [0.25, 0.3) is 0 Å². The van der Waals surface area contributed by atoms with Gasteiger partial charge in [-0.1, -0.05) is 13.3 Å². The summed E-state index contributed by atoms with van der Waals surface area (Å²) >= 11 is 5.32. The van der Waals surface area contributed by atoms with E-state index in [-0.39, 0.29) is 0 Å². The van der Waals surface area contributed by atoms with E-state index in [0.717, 1.165) is 29.7 Å². The zero-order valence-corrected chi connectivity index (χ0v) is 11.2. The minimum absolute atomic E-state index is 0.612. The molecule has 1 aliphatic heterocycles. The van der Waals surface area contributed by atoms with Gasteiger partial charge in [0.25, 0.3) is 0 Å². The zero-order valence-electron chi connectivity index (χ0n) is 10.4. The maximum atomic E-state index is 5.32. The van der Waals surface area contributed by atoms with Crippen LogP contribution in [0.15, 0.2) is 0 Å². The molecule has 1 saturated heterocycles. The van der Waals surface area contributed by atoms with E-state index < -0.39 is 0 Å². The quantitative estimate of drug-likeness (QED) is 0.837. The van der Waals surface area contributed by atoms with Crippen LogP contribution < -0.4 is 4.90 Å². The highest BCUT2D eigenvalue weighted by molar-refractivity contribution is 7.71. The lowest BCUT2D eigenvalue weighted by Gasteiger charge is -2.18. The number of anilines is 1. The van der Waals surface area contributed by atoms with Gasteiger partial charge in [-0.3, -0.25) is 4.57 Å². The molecule has 1 aromatic rings. The zero-order chi connectivity index (χ0) is 11.8. The second kappa shape index (κ2) is 4.44. The van der Waals surface area contributed by atoms with Crippen LogP contribution in [0.1, 0.15) is 45.1 Å². The number of rotatable bonds is 4. The monoisotopic (exact) mass is 252 g/mol. The minimum atomic E-state index is 0.612. The number of aromatic nitrogens is 3. The van der Waals surface area contributed by atoms with E-state index in [2.05, 4.69) is 26.6 Å². The van der Waals surface area contributed by atoms with E-state index >= 15 is 0 Å². The fraction of sp³-hybridized carbons (Fsp3) is 0.833. The second-order valence-corrected chi connectivity index (χ2v) is 5.71. The molecule has 1 aromatic heterocycles. The number of hydrogen-bond acceptors (Lipinski definition) is 3. The summed E-state index contributed by atoms with van der Waals surface area (Å²) in [5.74, 6) is 1.93. The van der Waals surface area contributed by atoms with Crippen molar-refractivity contribution in [3.05, 3.63) is 4.77 Å². The van der Waals surface area contributed by atoms with Crippen molar-refractivity contribution in [3.8, 4) is 0 Å². The van der Waals surface area contributed by atoms with Crippen molar-refractivity contribution in [2.24, 2.45) is 5.92 Å². The first-order valence-electron chi connectivity index (χ1n) is 6.71. The standard InChI is InChI=1S/C12H20N4S/c1-2-3-9-6-7-15(8-9)11-13-14-12(17)16(11)10-4-5-10/h9-10H,2-8H2,1H3,(H,14,17). The van der Waals surface area contributed by atoms with Gasteiger partial charge in [0.05, 0.1) is 0 Å². The highest BCUT2D eigenvalue weighted by Crippen LogP contribution is 2.38. The molecule has 1 atom stereocenters. The summed E-state index contributed by atoms with van der Waals surface area (Å²) in [4.78, 5) is 2.41. The van der Waals surface area contributed by atoms with Crippen molar-refractivity contribution in [1.82, 2.24) is 14.8 Å². The van der Waals surface area contributed by atoms with E-state index in [0.29, 0.717) is 6.04 Å². The summed E-state index contributed by atoms with van der Waals surface area (Å²) in [6, 6.07) is 0.612. The Morgan fingerprint density at radius 2 is 2.24 bits per heavy atom. The second-order valence-electron chi connectivity index (χ2n) is 5.32. The Balaban J connectivity index is 1.78. The number of nitrogens with one attached hydrogen (secondary N) is 1. The molecule has 3 rings (SSSR count). The minimum Gasteiger partial charge on any atom is -0.341 e. The molecule has 0 aromatic carbocycles. The lowest BCUT2D eigenvalue weighted by molar-refractivity contribution is 0.528. The Kier molecular flexibility index (Phi) is 2.94. The normalized spacial score (nSPS) is 24.5. The van der Waals surface area contributed by atoms with Crippen LogP contribution in [-0.2, 0) is 0 Å². The van der Waals surface area contributed by atoms with Crippen LogP contribution in [0.5, 0.6) is 0 Å². The van der Waals surface area contributed by atoms with Gasteiger partial charge in [0, 0.05) is 19.1 Å². The van der Waals surface area contributed by atoms with Crippen molar-refractivity contribution in [3.63, 3.8) is 0 Å². The van der Waals surface area contributed by atoms with Gasteiger partial charge < -0.3 is 4.90 Å². The summed E-state index contributed by atoms with van der Waals surface area (Å²) in [5, 5.41) is 7.38. The Morgan fingerprint density at radius 3 is 2.94 bits per heavy atom. The van der Waals surface area contributed by atoms with E-state index in [1.165, 1.54) is 32.1 Å². The molecule has 0 bridgehead atoms. The third kappa shape index (κ3) is 2.12. The number of hydrogen-bond donors (Lipinski definition) is 1. The van der Waals surface area contributed by atoms with Gasteiger partial charge in [0.2, 0.25) is 5.95 Å². The molecule has 1 unspecified atom stereocenters. The number of aromatic amines is 1. The molecule has 5 heteroatoms. The number of H-pyrrole nitrogens is 1. The summed E-state index contributed by atoms with van der Waals surface area (Å²) in [5.41, 5.74) is 0. The van der Waals surface area contributed by atoms with Gasteiger partial charge in [0.15, 0.2) is 4.77 Å². The highest BCUT2D eigenvalue weighted by Gasteiger charge is 2.31. The van der Waals surface area contributed by atoms with Crippen molar-refractivity contribution >= 4 is 18.2 Å². The van der Waals surface area contributed by atoms with E-state index in [1.807, 2.05) is 0 Å². The van der Waals surface area contributed by atoms with Crippen molar-refractivity contribution in [2.75, 3.05) is 18.0 Å². The van der Waals surface area contributed by atoms with Gasteiger partial charge in [0.1, 0.15) is 0 Å². The van der Waals surface area contributed by atoms with E-state index in [9.17, 15) is 0 Å². The molecule has 2 heterocycles. The van der Waals surface area contributed by atoms with Crippen LogP contribution in [0.2, 0.25) is 0 Å². The first-order valence-corrected chi connectivity index (χ1v) is 7.12. The van der Waals surface area contributed by atoms with Gasteiger partial charge in [-0.25, -0.2) is 5.10 Å². The van der Waals surface area contributed by atoms with Gasteiger partial charge in [-0.15, -0.1) is 5.10 Å². The molecule has 1 aliphatic carbocycles. The maximum Gasteiger partial charge on any atom is 0.225 e. The molecule has 2 aliphatic rings. The lowest BCUT2D eigenvalue weighted by Crippen LogP contribution is -2.23. The van der Waals surface area contributed by atoms with Crippen LogP contribution in [-0.4, -0.2) is 27.9 Å². The average molecular weight is 252 g/mol. The smallest absolute Gasteiger partial charge is 0.225 e. The van der Waals surface area contributed by atoms with Crippen LogP contribution in [0, 0.1) is 10.7 Å².